The molecule has 0 bridgehead atoms. The average molecular weight is 838 g/mol. The van der Waals surface area contributed by atoms with Gasteiger partial charge in [-0.15, -0.1) is 0 Å². The summed E-state index contributed by atoms with van der Waals surface area (Å²) >= 11 is 0. The highest BCUT2D eigenvalue weighted by molar-refractivity contribution is 6.60. The number of hydrogen-bond acceptors (Lipinski definition) is 3. The van der Waals surface area contributed by atoms with Crippen molar-refractivity contribution in [1.29, 1.82) is 0 Å². The van der Waals surface area contributed by atoms with Crippen LogP contribution in [-0.2, 0) is 13.3 Å². The van der Waals surface area contributed by atoms with Crippen LogP contribution in [0.25, 0.3) is 0 Å². The first-order chi connectivity index (χ1) is 28.7. The van der Waals surface area contributed by atoms with Crippen LogP contribution in [0.5, 0.6) is 0 Å². The Morgan fingerprint density at radius 1 is 0.190 bits per heavy atom. The summed E-state index contributed by atoms with van der Waals surface area (Å²) in [6.07, 6.45) is 71.6. The molecular weight excluding hydrogens is 725 g/mol. The highest BCUT2D eigenvalue weighted by Gasteiger charge is 2.36. The molecule has 0 aromatic heterocycles. The van der Waals surface area contributed by atoms with Crippen molar-refractivity contribution in [3.05, 3.63) is 0 Å². The zero-order valence-electron chi connectivity index (χ0n) is 41.1. The first kappa shape index (κ1) is 58.1. The third-order valence-electron chi connectivity index (χ3n) is 13.5. The molecule has 0 unspecified atom stereocenters. The Morgan fingerprint density at radius 2 is 0.310 bits per heavy atom. The van der Waals surface area contributed by atoms with Crippen LogP contribution in [0.15, 0.2) is 0 Å². The molecule has 0 saturated carbocycles. The number of rotatable bonds is 53. The molecule has 0 aliphatic carbocycles. The second-order valence-corrected chi connectivity index (χ2v) is 22.1. The van der Waals surface area contributed by atoms with Crippen molar-refractivity contribution >= 4 is 8.80 Å². The predicted octanol–water partition coefficient (Wildman–Crippen LogP) is 20.0. The van der Waals surface area contributed by atoms with E-state index in [9.17, 15) is 0 Å². The fourth-order valence-corrected chi connectivity index (χ4v) is 11.1. The Balaban J connectivity index is 3.10. The summed E-state index contributed by atoms with van der Waals surface area (Å²) in [7, 11) is 2.80. The highest BCUT2D eigenvalue weighted by Crippen LogP contribution is 2.21. The minimum absolute atomic E-state index is 0.941. The van der Waals surface area contributed by atoms with Crippen LogP contribution in [0.3, 0.4) is 0 Å². The first-order valence-corrected chi connectivity index (χ1v) is 29.3. The number of hydrogen-bond donors (Lipinski definition) is 0. The van der Waals surface area contributed by atoms with Crippen molar-refractivity contribution in [2.45, 2.75) is 328 Å². The molecule has 0 aromatic rings. The molecule has 0 saturated heterocycles. The smallest absolute Gasteiger partial charge is 0.377 e. The summed E-state index contributed by atoms with van der Waals surface area (Å²) in [6, 6.07) is 0.941. The lowest BCUT2D eigenvalue weighted by Gasteiger charge is -2.24. The van der Waals surface area contributed by atoms with Gasteiger partial charge >= 0.3 is 8.80 Å². The van der Waals surface area contributed by atoms with E-state index in [1.807, 2.05) is 0 Å². The molecule has 0 aromatic carbocycles. The molecule has 0 atom stereocenters. The summed E-state index contributed by atoms with van der Waals surface area (Å²) in [5, 5.41) is 0. The molecule has 0 amide bonds. The minimum Gasteiger partial charge on any atom is -0.377 e. The van der Waals surface area contributed by atoms with Crippen molar-refractivity contribution in [3.8, 4) is 0 Å². The summed E-state index contributed by atoms with van der Waals surface area (Å²) in [5.41, 5.74) is 0. The standard InChI is InChI=1S/C54H112O3Si/c1-5-6-7-8-9-10-11-12-13-14-15-16-17-18-19-20-21-22-23-24-25-26-27-28-29-30-31-32-33-34-35-36-37-38-39-40-41-42-43-44-45-46-47-48-49-50-51-52-53-54-58(55-2,56-3)57-4/h5-54H2,1-4H3. The van der Waals surface area contributed by atoms with Crippen LogP contribution in [-0.4, -0.2) is 30.1 Å². The van der Waals surface area contributed by atoms with Gasteiger partial charge in [-0.05, 0) is 6.42 Å². The Hall–Kier alpha value is 0.0969. The largest absolute Gasteiger partial charge is 0.500 e. The van der Waals surface area contributed by atoms with Crippen LogP contribution < -0.4 is 0 Å². The molecule has 58 heavy (non-hydrogen) atoms. The molecule has 0 rings (SSSR count). The maximum absolute atomic E-state index is 5.52. The minimum atomic E-state index is -2.35. The van der Waals surface area contributed by atoms with Gasteiger partial charge in [0.1, 0.15) is 0 Å². The van der Waals surface area contributed by atoms with E-state index in [2.05, 4.69) is 6.92 Å². The van der Waals surface area contributed by atoms with E-state index in [1.54, 1.807) is 21.3 Å². The van der Waals surface area contributed by atoms with E-state index >= 15 is 0 Å². The lowest BCUT2D eigenvalue weighted by atomic mass is 10.0. The molecule has 0 fully saturated rings. The molecular formula is C54H112O3Si. The van der Waals surface area contributed by atoms with Crippen LogP contribution in [0, 0.1) is 0 Å². The van der Waals surface area contributed by atoms with E-state index in [-0.39, 0.29) is 0 Å². The van der Waals surface area contributed by atoms with E-state index in [0.29, 0.717) is 0 Å². The third-order valence-corrected chi connectivity index (χ3v) is 16.4. The zero-order chi connectivity index (χ0) is 42.0. The maximum atomic E-state index is 5.52. The summed E-state index contributed by atoms with van der Waals surface area (Å²) in [4.78, 5) is 0. The van der Waals surface area contributed by atoms with Crippen LogP contribution >= 0.6 is 0 Å². The van der Waals surface area contributed by atoms with Gasteiger partial charge in [-0.1, -0.05) is 315 Å². The number of unbranched alkanes of at least 4 members (excludes halogenated alkanes) is 48. The van der Waals surface area contributed by atoms with Gasteiger partial charge in [0.15, 0.2) is 0 Å². The van der Waals surface area contributed by atoms with Gasteiger partial charge in [0.25, 0.3) is 0 Å². The van der Waals surface area contributed by atoms with Crippen molar-refractivity contribution < 1.29 is 13.3 Å². The Bertz CT molecular complexity index is 704. The second kappa shape index (κ2) is 51.4. The topological polar surface area (TPSA) is 27.7 Å². The quantitative estimate of drug-likeness (QED) is 0.0451. The van der Waals surface area contributed by atoms with Crippen molar-refractivity contribution in [2.24, 2.45) is 0 Å². The SMILES string of the molecule is CCCCCCCCCCCCCCCCCCCCCCCCCCCCCCCCCCCCCCCCCCCCCCCCCCC[Si](OC)(OC)OC. The van der Waals surface area contributed by atoms with Crippen molar-refractivity contribution in [1.82, 2.24) is 0 Å². The molecule has 350 valence electrons. The molecule has 4 heteroatoms. The molecule has 0 aliphatic rings. The summed E-state index contributed by atoms with van der Waals surface area (Å²) in [6.45, 7) is 2.31. The molecule has 0 N–H and O–H groups in total. The van der Waals surface area contributed by atoms with Gasteiger partial charge in [0.2, 0.25) is 0 Å². The van der Waals surface area contributed by atoms with Gasteiger partial charge in [0.05, 0.1) is 0 Å². The van der Waals surface area contributed by atoms with Gasteiger partial charge in [-0.2, -0.15) is 0 Å². The zero-order valence-corrected chi connectivity index (χ0v) is 42.1. The predicted molar refractivity (Wildman–Crippen MR) is 263 cm³/mol. The third kappa shape index (κ3) is 45.6. The summed E-state index contributed by atoms with van der Waals surface area (Å²) < 4.78 is 16.5. The van der Waals surface area contributed by atoms with E-state index in [1.165, 1.54) is 308 Å². The molecule has 0 aliphatic heterocycles. The fraction of sp³-hybridized carbons (Fsp3) is 1.00. The van der Waals surface area contributed by atoms with Gasteiger partial charge < -0.3 is 13.3 Å². The van der Waals surface area contributed by atoms with Crippen molar-refractivity contribution in [2.75, 3.05) is 21.3 Å². The van der Waals surface area contributed by atoms with E-state index in [4.69, 9.17) is 13.3 Å². The monoisotopic (exact) mass is 837 g/mol. The fourth-order valence-electron chi connectivity index (χ4n) is 9.28. The molecule has 0 spiro atoms. The van der Waals surface area contributed by atoms with Crippen molar-refractivity contribution in [3.63, 3.8) is 0 Å². The Morgan fingerprint density at radius 3 is 0.431 bits per heavy atom. The van der Waals surface area contributed by atoms with Gasteiger partial charge in [-0.25, -0.2) is 0 Å². The Kier molecular flexibility index (Phi) is 51.5. The van der Waals surface area contributed by atoms with Crippen LogP contribution in [0.4, 0.5) is 0 Å². The highest BCUT2D eigenvalue weighted by atomic mass is 28.4. The normalized spacial score (nSPS) is 12.0. The van der Waals surface area contributed by atoms with E-state index in [0.717, 1.165) is 12.5 Å². The Labute approximate surface area is 369 Å². The second-order valence-electron chi connectivity index (χ2n) is 19.0. The molecule has 3 nitrogen and oxygen atoms in total. The summed E-state index contributed by atoms with van der Waals surface area (Å²) in [5.74, 6) is 0. The van der Waals surface area contributed by atoms with Gasteiger partial charge in [0, 0.05) is 27.4 Å². The lowest BCUT2D eigenvalue weighted by Crippen LogP contribution is -2.42. The lowest BCUT2D eigenvalue weighted by molar-refractivity contribution is 0.122. The average Bonchev–Trinajstić information content (AvgIpc) is 3.24. The van der Waals surface area contributed by atoms with Crippen LogP contribution in [0.1, 0.15) is 322 Å². The molecule has 0 radical (unpaired) electrons. The van der Waals surface area contributed by atoms with Crippen LogP contribution in [0.2, 0.25) is 6.04 Å². The first-order valence-electron chi connectivity index (χ1n) is 27.4. The van der Waals surface area contributed by atoms with Gasteiger partial charge in [-0.3, -0.25) is 0 Å². The maximum Gasteiger partial charge on any atom is 0.500 e. The van der Waals surface area contributed by atoms with E-state index < -0.39 is 8.80 Å². The molecule has 0 heterocycles.